The maximum atomic E-state index is 5.11. The van der Waals surface area contributed by atoms with Gasteiger partial charge in [-0.15, -0.1) is 11.3 Å². The highest BCUT2D eigenvalue weighted by atomic mass is 32.1. The molecule has 0 unspecified atom stereocenters. The number of unbranched alkanes of at least 4 members (excludes halogenated alkanes) is 1. The first-order chi connectivity index (χ1) is 12.3. The molecule has 25 heavy (non-hydrogen) atoms. The Balaban J connectivity index is 1.98. The topological polar surface area (TPSA) is 41.9 Å². The number of aromatic nitrogens is 3. The van der Waals surface area contributed by atoms with Crippen molar-refractivity contribution >= 4 is 37.6 Å². The van der Waals surface area contributed by atoms with E-state index in [-0.39, 0.29) is 0 Å². The van der Waals surface area contributed by atoms with Gasteiger partial charge in [0.1, 0.15) is 17.0 Å². The Bertz CT molecular complexity index is 911. The Morgan fingerprint density at radius 1 is 1.08 bits per heavy atom. The predicted molar refractivity (Wildman–Crippen MR) is 107 cm³/mol. The Kier molecular flexibility index (Phi) is 4.59. The Labute approximate surface area is 153 Å². The number of thiophene rings is 1. The van der Waals surface area contributed by atoms with Gasteiger partial charge in [0.15, 0.2) is 0 Å². The van der Waals surface area contributed by atoms with Gasteiger partial charge in [-0.25, -0.2) is 15.0 Å². The van der Waals surface area contributed by atoms with Gasteiger partial charge in [-0.2, -0.15) is 0 Å². The van der Waals surface area contributed by atoms with E-state index in [1.165, 1.54) is 59.0 Å². The lowest BCUT2D eigenvalue weighted by atomic mass is 10.0. The van der Waals surface area contributed by atoms with Gasteiger partial charge in [-0.05, 0) is 57.1 Å². The fourth-order valence-corrected chi connectivity index (χ4v) is 5.26. The maximum Gasteiger partial charge on any atom is 0.150 e. The van der Waals surface area contributed by atoms with Crippen LogP contribution in [-0.2, 0) is 19.3 Å². The zero-order chi connectivity index (χ0) is 17.4. The molecule has 3 aromatic rings. The van der Waals surface area contributed by atoms with Gasteiger partial charge in [0.2, 0.25) is 0 Å². The summed E-state index contributed by atoms with van der Waals surface area (Å²) in [5.74, 6) is 1.07. The molecular formula is C20H26N4S. The van der Waals surface area contributed by atoms with Crippen molar-refractivity contribution in [2.45, 2.75) is 59.3 Å². The molecule has 0 aromatic carbocycles. The molecule has 1 aliphatic carbocycles. The van der Waals surface area contributed by atoms with Crippen molar-refractivity contribution in [2.75, 3.05) is 18.0 Å². The third kappa shape index (κ3) is 2.69. The van der Waals surface area contributed by atoms with Gasteiger partial charge in [0, 0.05) is 24.2 Å². The average molecular weight is 355 g/mol. The summed E-state index contributed by atoms with van der Waals surface area (Å²) in [6.07, 6.45) is 8.89. The normalized spacial score (nSPS) is 13.7. The number of hydrogen-bond acceptors (Lipinski definition) is 5. The molecule has 5 heteroatoms. The number of pyridine rings is 1. The molecule has 0 atom stereocenters. The van der Waals surface area contributed by atoms with Gasteiger partial charge >= 0.3 is 0 Å². The van der Waals surface area contributed by atoms with Crippen molar-refractivity contribution < 1.29 is 0 Å². The smallest absolute Gasteiger partial charge is 0.150 e. The van der Waals surface area contributed by atoms with Crippen LogP contribution in [0.4, 0.5) is 5.82 Å². The number of aryl methyl sites for hydroxylation is 2. The van der Waals surface area contributed by atoms with Crippen LogP contribution in [0.25, 0.3) is 20.4 Å². The Morgan fingerprint density at radius 2 is 1.88 bits per heavy atom. The fraction of sp³-hybridized carbons (Fsp3) is 0.550. The first-order valence-corrected chi connectivity index (χ1v) is 10.4. The molecule has 0 N–H and O–H groups in total. The quantitative estimate of drug-likeness (QED) is 0.630. The van der Waals surface area contributed by atoms with Crippen LogP contribution in [0.3, 0.4) is 0 Å². The van der Waals surface area contributed by atoms with Gasteiger partial charge in [-0.1, -0.05) is 13.3 Å². The molecule has 0 aliphatic heterocycles. The highest BCUT2D eigenvalue weighted by Gasteiger charge is 2.24. The van der Waals surface area contributed by atoms with E-state index in [1.54, 1.807) is 17.7 Å². The zero-order valence-corrected chi connectivity index (χ0v) is 16.2. The molecule has 0 fully saturated rings. The van der Waals surface area contributed by atoms with Crippen molar-refractivity contribution in [3.8, 4) is 0 Å². The standard InChI is InChI=1S/C20H26N4S/c1-4-7-11-15-13-9-8-10-14(13)16-17-18(25-20(16)23-15)19(22-12-21-17)24(5-2)6-3/h12H,4-11H2,1-3H3. The summed E-state index contributed by atoms with van der Waals surface area (Å²) in [5.41, 5.74) is 5.49. The van der Waals surface area contributed by atoms with Gasteiger partial charge in [-0.3, -0.25) is 0 Å². The number of anilines is 1. The van der Waals surface area contributed by atoms with E-state index in [1.807, 2.05) is 0 Å². The molecule has 132 valence electrons. The molecule has 0 saturated heterocycles. The minimum atomic E-state index is 0.962. The number of fused-ring (bicyclic) bond motifs is 5. The lowest BCUT2D eigenvalue weighted by molar-refractivity contribution is 0.770. The van der Waals surface area contributed by atoms with Crippen LogP contribution in [-0.4, -0.2) is 28.0 Å². The molecule has 0 saturated carbocycles. The molecule has 0 spiro atoms. The first kappa shape index (κ1) is 16.7. The van der Waals surface area contributed by atoms with E-state index in [0.29, 0.717) is 0 Å². The van der Waals surface area contributed by atoms with Crippen molar-refractivity contribution in [3.05, 3.63) is 23.1 Å². The molecule has 4 nitrogen and oxygen atoms in total. The number of rotatable bonds is 6. The lowest BCUT2D eigenvalue weighted by Crippen LogP contribution is -2.23. The van der Waals surface area contributed by atoms with Crippen molar-refractivity contribution in [2.24, 2.45) is 0 Å². The first-order valence-electron chi connectivity index (χ1n) is 9.61. The molecule has 1 aliphatic rings. The molecule has 0 radical (unpaired) electrons. The molecular weight excluding hydrogens is 328 g/mol. The lowest BCUT2D eigenvalue weighted by Gasteiger charge is -2.19. The molecule has 0 amide bonds. The van der Waals surface area contributed by atoms with Crippen molar-refractivity contribution in [1.82, 2.24) is 15.0 Å². The van der Waals surface area contributed by atoms with E-state index >= 15 is 0 Å². The van der Waals surface area contributed by atoms with Crippen LogP contribution in [0.1, 0.15) is 56.9 Å². The average Bonchev–Trinajstić information content (AvgIpc) is 3.25. The van der Waals surface area contributed by atoms with E-state index in [2.05, 4.69) is 35.6 Å². The van der Waals surface area contributed by atoms with Crippen LogP contribution >= 0.6 is 11.3 Å². The second-order valence-electron chi connectivity index (χ2n) is 6.80. The highest BCUT2D eigenvalue weighted by molar-refractivity contribution is 7.26. The highest BCUT2D eigenvalue weighted by Crippen LogP contribution is 2.42. The van der Waals surface area contributed by atoms with Crippen LogP contribution < -0.4 is 4.90 Å². The summed E-state index contributed by atoms with van der Waals surface area (Å²) in [6, 6.07) is 0. The van der Waals surface area contributed by atoms with E-state index < -0.39 is 0 Å². The second-order valence-corrected chi connectivity index (χ2v) is 7.80. The van der Waals surface area contributed by atoms with Crippen molar-refractivity contribution in [3.63, 3.8) is 0 Å². The maximum absolute atomic E-state index is 5.11. The third-order valence-corrected chi connectivity index (χ3v) is 6.44. The summed E-state index contributed by atoms with van der Waals surface area (Å²) in [5, 5.41) is 1.31. The summed E-state index contributed by atoms with van der Waals surface area (Å²) >= 11 is 1.78. The SMILES string of the molecule is CCCCc1nc2sc3c(N(CC)CC)ncnc3c2c2c1CCC2. The van der Waals surface area contributed by atoms with Gasteiger partial charge in [0.25, 0.3) is 0 Å². The third-order valence-electron chi connectivity index (χ3n) is 5.37. The number of hydrogen-bond donors (Lipinski definition) is 0. The molecule has 3 heterocycles. The van der Waals surface area contributed by atoms with Gasteiger partial charge in [0.05, 0.1) is 10.2 Å². The van der Waals surface area contributed by atoms with Crippen molar-refractivity contribution in [1.29, 1.82) is 0 Å². The van der Waals surface area contributed by atoms with Crippen LogP contribution in [0, 0.1) is 0 Å². The molecule has 4 rings (SSSR count). The predicted octanol–water partition coefficient (Wildman–Crippen LogP) is 4.92. The second kappa shape index (κ2) is 6.87. The van der Waals surface area contributed by atoms with Crippen LogP contribution in [0.15, 0.2) is 6.33 Å². The summed E-state index contributed by atoms with van der Waals surface area (Å²) in [4.78, 5) is 17.9. The largest absolute Gasteiger partial charge is 0.356 e. The van der Waals surface area contributed by atoms with E-state index in [9.17, 15) is 0 Å². The Morgan fingerprint density at radius 3 is 2.64 bits per heavy atom. The minimum Gasteiger partial charge on any atom is -0.356 e. The summed E-state index contributed by atoms with van der Waals surface area (Å²) < 4.78 is 1.20. The Hall–Kier alpha value is -1.75. The van der Waals surface area contributed by atoms with E-state index in [0.717, 1.165) is 35.7 Å². The van der Waals surface area contributed by atoms with Crippen LogP contribution in [0.2, 0.25) is 0 Å². The minimum absolute atomic E-state index is 0.962. The zero-order valence-electron chi connectivity index (χ0n) is 15.4. The summed E-state index contributed by atoms with van der Waals surface area (Å²) in [7, 11) is 0. The monoisotopic (exact) mass is 354 g/mol. The fourth-order valence-electron chi connectivity index (χ4n) is 4.06. The van der Waals surface area contributed by atoms with Crippen LogP contribution in [0.5, 0.6) is 0 Å². The van der Waals surface area contributed by atoms with Gasteiger partial charge < -0.3 is 4.90 Å². The van der Waals surface area contributed by atoms with E-state index in [4.69, 9.17) is 4.98 Å². The summed E-state index contributed by atoms with van der Waals surface area (Å²) in [6.45, 7) is 8.55. The number of nitrogens with zero attached hydrogens (tertiary/aromatic N) is 4. The molecule has 3 aromatic heterocycles. The molecule has 0 bridgehead atoms.